The number of halogens is 1. The predicted octanol–water partition coefficient (Wildman–Crippen LogP) is 4.04. The number of hydrogen-bond acceptors (Lipinski definition) is 5. The molecule has 3 heterocycles. The fraction of sp³-hybridized carbons (Fsp3) is 0.222. The highest BCUT2D eigenvalue weighted by molar-refractivity contribution is 6.00. The molecule has 4 aromatic rings. The molecule has 1 aliphatic heterocycles. The highest BCUT2D eigenvalue weighted by atomic mass is 19.1. The van der Waals surface area contributed by atoms with E-state index in [1.807, 2.05) is 53.4 Å². The average Bonchev–Trinajstić information content (AvgIpc) is 3.36. The summed E-state index contributed by atoms with van der Waals surface area (Å²) in [5.41, 5.74) is 3.72. The first-order valence-corrected chi connectivity index (χ1v) is 11.5. The van der Waals surface area contributed by atoms with Crippen molar-refractivity contribution in [3.8, 4) is 22.7 Å². The summed E-state index contributed by atoms with van der Waals surface area (Å²) in [7, 11) is 1.46. The van der Waals surface area contributed by atoms with Crippen molar-refractivity contribution in [3.63, 3.8) is 0 Å². The monoisotopic (exact) mass is 471 g/mol. The summed E-state index contributed by atoms with van der Waals surface area (Å²) >= 11 is 0. The molecule has 8 heteroatoms. The van der Waals surface area contributed by atoms with E-state index in [4.69, 9.17) is 9.84 Å². The van der Waals surface area contributed by atoms with Crippen molar-refractivity contribution in [2.24, 2.45) is 0 Å². The molecule has 0 radical (unpaired) electrons. The van der Waals surface area contributed by atoms with Crippen LogP contribution in [0.15, 0.2) is 79.3 Å². The number of pyridine rings is 1. The van der Waals surface area contributed by atoms with Crippen molar-refractivity contribution in [3.05, 3.63) is 96.2 Å². The first-order chi connectivity index (χ1) is 17.1. The molecule has 0 N–H and O–H groups in total. The molecule has 0 aliphatic carbocycles. The smallest absolute Gasteiger partial charge is 0.257 e. The van der Waals surface area contributed by atoms with Gasteiger partial charge in [0.15, 0.2) is 11.6 Å². The molecule has 7 nitrogen and oxygen atoms in total. The van der Waals surface area contributed by atoms with Gasteiger partial charge in [-0.15, -0.1) is 0 Å². The second-order valence-corrected chi connectivity index (χ2v) is 8.45. The van der Waals surface area contributed by atoms with E-state index in [9.17, 15) is 9.18 Å². The number of piperazine rings is 1. The molecule has 2 aromatic carbocycles. The molecule has 178 valence electrons. The number of hydrogen-bond donors (Lipinski definition) is 0. The van der Waals surface area contributed by atoms with Gasteiger partial charge in [-0.05, 0) is 42.0 Å². The molecule has 1 aliphatic rings. The molecule has 1 saturated heterocycles. The number of aromatic nitrogens is 3. The minimum absolute atomic E-state index is 0.0545. The van der Waals surface area contributed by atoms with Gasteiger partial charge in [0, 0.05) is 56.9 Å². The summed E-state index contributed by atoms with van der Waals surface area (Å²) in [6, 6.07) is 18.5. The summed E-state index contributed by atoms with van der Waals surface area (Å²) in [5.74, 6) is -0.178. The van der Waals surface area contributed by atoms with E-state index >= 15 is 0 Å². The van der Waals surface area contributed by atoms with Gasteiger partial charge < -0.3 is 9.64 Å². The number of para-hydroxylation sites is 1. The van der Waals surface area contributed by atoms with Crippen LogP contribution in [0.2, 0.25) is 0 Å². The number of benzene rings is 2. The third kappa shape index (κ3) is 4.93. The molecule has 1 fully saturated rings. The maximum atomic E-state index is 14.1. The van der Waals surface area contributed by atoms with Gasteiger partial charge in [-0.1, -0.05) is 24.3 Å². The molecule has 2 aromatic heterocycles. The van der Waals surface area contributed by atoms with E-state index < -0.39 is 0 Å². The molecule has 0 saturated carbocycles. The maximum Gasteiger partial charge on any atom is 0.257 e. The molecular formula is C27H26FN5O2. The van der Waals surface area contributed by atoms with Crippen LogP contribution in [0.1, 0.15) is 15.9 Å². The van der Waals surface area contributed by atoms with Gasteiger partial charge in [-0.25, -0.2) is 9.07 Å². The molecule has 0 bridgehead atoms. The van der Waals surface area contributed by atoms with Crippen molar-refractivity contribution in [1.82, 2.24) is 24.6 Å². The van der Waals surface area contributed by atoms with E-state index in [2.05, 4.69) is 9.88 Å². The topological polar surface area (TPSA) is 63.5 Å². The largest absolute Gasteiger partial charge is 0.494 e. The van der Waals surface area contributed by atoms with Gasteiger partial charge in [-0.3, -0.25) is 14.7 Å². The Balaban J connectivity index is 1.32. The van der Waals surface area contributed by atoms with Crippen LogP contribution in [-0.2, 0) is 6.54 Å². The van der Waals surface area contributed by atoms with Gasteiger partial charge >= 0.3 is 0 Å². The lowest BCUT2D eigenvalue weighted by molar-refractivity contribution is 0.0629. The Morgan fingerprint density at radius 3 is 2.51 bits per heavy atom. The predicted molar refractivity (Wildman–Crippen MR) is 131 cm³/mol. The Hall–Kier alpha value is -4.04. The molecule has 1 amide bonds. The zero-order chi connectivity index (χ0) is 24.2. The van der Waals surface area contributed by atoms with E-state index in [1.54, 1.807) is 29.3 Å². The van der Waals surface area contributed by atoms with Crippen molar-refractivity contribution >= 4 is 5.91 Å². The van der Waals surface area contributed by atoms with Crippen LogP contribution in [-0.4, -0.2) is 63.8 Å². The number of carbonyl (C=O) groups excluding carboxylic acids is 1. The molecule has 0 spiro atoms. The number of nitrogens with zero attached hydrogens (tertiary/aromatic N) is 5. The Morgan fingerprint density at radius 2 is 1.83 bits per heavy atom. The second-order valence-electron chi connectivity index (χ2n) is 8.45. The highest BCUT2D eigenvalue weighted by Gasteiger charge is 2.27. The average molecular weight is 472 g/mol. The van der Waals surface area contributed by atoms with Crippen LogP contribution in [0.4, 0.5) is 4.39 Å². The lowest BCUT2D eigenvalue weighted by atomic mass is 10.1. The molecule has 35 heavy (non-hydrogen) atoms. The highest BCUT2D eigenvalue weighted by Crippen LogP contribution is 2.25. The van der Waals surface area contributed by atoms with Crippen molar-refractivity contribution in [2.45, 2.75) is 6.54 Å². The standard InChI is InChI=1S/C27H26FN5O2/c1-35-25-10-9-20(16-24(25)28)18-31-12-14-32(15-13-31)27(34)23-19-33(22-7-3-2-4-8-22)30-26(23)21-6-5-11-29-17-21/h2-11,16-17,19H,12-15,18H2,1H3. The van der Waals surface area contributed by atoms with Gasteiger partial charge in [0.1, 0.15) is 5.69 Å². The quantitative estimate of drug-likeness (QED) is 0.425. The fourth-order valence-electron chi connectivity index (χ4n) is 4.31. The van der Waals surface area contributed by atoms with Gasteiger partial charge in [0.2, 0.25) is 0 Å². The van der Waals surface area contributed by atoms with E-state index in [1.165, 1.54) is 13.2 Å². The van der Waals surface area contributed by atoms with Crippen LogP contribution in [0.3, 0.4) is 0 Å². The van der Waals surface area contributed by atoms with Crippen molar-refractivity contribution in [2.75, 3.05) is 33.3 Å². The first kappa shape index (κ1) is 22.7. The number of carbonyl (C=O) groups is 1. The van der Waals surface area contributed by atoms with E-state index in [0.717, 1.165) is 16.8 Å². The van der Waals surface area contributed by atoms with Gasteiger partial charge in [0.05, 0.1) is 18.4 Å². The number of ether oxygens (including phenoxy) is 1. The zero-order valence-electron chi connectivity index (χ0n) is 19.5. The van der Waals surface area contributed by atoms with Crippen LogP contribution < -0.4 is 4.74 Å². The minimum atomic E-state index is -0.364. The molecule has 0 atom stereocenters. The van der Waals surface area contributed by atoms with Gasteiger partial charge in [-0.2, -0.15) is 5.10 Å². The number of rotatable bonds is 6. The zero-order valence-corrected chi connectivity index (χ0v) is 19.5. The number of amides is 1. The Kier molecular flexibility index (Phi) is 6.54. The normalized spacial score (nSPS) is 14.2. The number of methoxy groups -OCH3 is 1. The Labute approximate surface area is 203 Å². The summed E-state index contributed by atoms with van der Waals surface area (Å²) in [5, 5.41) is 4.73. The molecule has 0 unspecified atom stereocenters. The SMILES string of the molecule is COc1ccc(CN2CCN(C(=O)c3cn(-c4ccccc4)nc3-c3cccnc3)CC2)cc1F. The van der Waals surface area contributed by atoms with Crippen LogP contribution in [0.5, 0.6) is 5.75 Å². The molecular weight excluding hydrogens is 445 g/mol. The van der Waals surface area contributed by atoms with Gasteiger partial charge in [0.25, 0.3) is 5.91 Å². The summed E-state index contributed by atoms with van der Waals surface area (Å²) in [6.45, 7) is 3.19. The van der Waals surface area contributed by atoms with Crippen LogP contribution in [0, 0.1) is 5.82 Å². The third-order valence-electron chi connectivity index (χ3n) is 6.18. The van der Waals surface area contributed by atoms with Crippen molar-refractivity contribution < 1.29 is 13.9 Å². The Bertz CT molecular complexity index is 1300. The van der Waals surface area contributed by atoms with Crippen LogP contribution in [0.25, 0.3) is 16.9 Å². The molecule has 5 rings (SSSR count). The lowest BCUT2D eigenvalue weighted by Crippen LogP contribution is -2.48. The lowest BCUT2D eigenvalue weighted by Gasteiger charge is -2.34. The van der Waals surface area contributed by atoms with Crippen molar-refractivity contribution in [1.29, 1.82) is 0 Å². The maximum absolute atomic E-state index is 14.1. The fourth-order valence-corrected chi connectivity index (χ4v) is 4.31. The Morgan fingerprint density at radius 1 is 1.03 bits per heavy atom. The first-order valence-electron chi connectivity index (χ1n) is 11.5. The van der Waals surface area contributed by atoms with E-state index in [0.29, 0.717) is 44.0 Å². The second kappa shape index (κ2) is 10.1. The summed E-state index contributed by atoms with van der Waals surface area (Å²) in [6.07, 6.45) is 5.22. The third-order valence-corrected chi connectivity index (χ3v) is 6.18. The van der Waals surface area contributed by atoms with E-state index in [-0.39, 0.29) is 17.5 Å². The summed E-state index contributed by atoms with van der Waals surface area (Å²) in [4.78, 5) is 21.9. The van der Waals surface area contributed by atoms with Crippen LogP contribution >= 0.6 is 0 Å². The minimum Gasteiger partial charge on any atom is -0.494 e. The summed E-state index contributed by atoms with van der Waals surface area (Å²) < 4.78 is 20.8.